The molecule has 0 amide bonds. The second kappa shape index (κ2) is 5.73. The highest BCUT2D eigenvalue weighted by Gasteiger charge is 2.14. The van der Waals surface area contributed by atoms with Gasteiger partial charge in [-0.2, -0.15) is 0 Å². The van der Waals surface area contributed by atoms with Crippen molar-refractivity contribution in [2.24, 2.45) is 7.05 Å². The van der Waals surface area contributed by atoms with Gasteiger partial charge in [-0.25, -0.2) is 4.79 Å². The maximum Gasteiger partial charge on any atom is 0.337 e. The lowest BCUT2D eigenvalue weighted by atomic mass is 10.1. The van der Waals surface area contributed by atoms with Gasteiger partial charge in [-0.1, -0.05) is 23.7 Å². The summed E-state index contributed by atoms with van der Waals surface area (Å²) in [5.41, 5.74) is 1.89. The van der Waals surface area contributed by atoms with Gasteiger partial charge in [0.15, 0.2) is 0 Å². The Hall–Kier alpha value is -2.46. The second-order valence-electron chi connectivity index (χ2n) is 4.99. The predicted molar refractivity (Wildman–Crippen MR) is 85.7 cm³/mol. The van der Waals surface area contributed by atoms with Gasteiger partial charge in [0.1, 0.15) is 12.4 Å². The minimum atomic E-state index is -0.933. The van der Waals surface area contributed by atoms with Gasteiger partial charge in [-0.15, -0.1) is 0 Å². The van der Waals surface area contributed by atoms with Gasteiger partial charge < -0.3 is 14.4 Å². The van der Waals surface area contributed by atoms with Gasteiger partial charge in [-0.3, -0.25) is 0 Å². The minimum Gasteiger partial charge on any atom is -0.487 e. The molecule has 0 unspecified atom stereocenters. The first kappa shape index (κ1) is 14.5. The number of benzene rings is 2. The number of halogens is 1. The van der Waals surface area contributed by atoms with E-state index in [1.54, 1.807) is 36.4 Å². The van der Waals surface area contributed by atoms with E-state index in [1.165, 1.54) is 0 Å². The summed E-state index contributed by atoms with van der Waals surface area (Å²) in [7, 11) is 1.84. The van der Waals surface area contributed by atoms with Gasteiger partial charge in [0.05, 0.1) is 16.8 Å². The molecule has 0 saturated carbocycles. The van der Waals surface area contributed by atoms with Crippen LogP contribution in [0.5, 0.6) is 5.75 Å². The number of aromatic nitrogens is 1. The molecule has 0 radical (unpaired) electrons. The first-order valence-electron chi connectivity index (χ1n) is 6.75. The zero-order valence-corrected chi connectivity index (χ0v) is 12.7. The number of fused-ring (bicyclic) bond motifs is 1. The highest BCUT2D eigenvalue weighted by molar-refractivity contribution is 6.30. The summed E-state index contributed by atoms with van der Waals surface area (Å²) >= 11 is 5.84. The van der Waals surface area contributed by atoms with Gasteiger partial charge in [0.25, 0.3) is 0 Å². The van der Waals surface area contributed by atoms with Crippen LogP contribution in [0.2, 0.25) is 5.02 Å². The van der Waals surface area contributed by atoms with Crippen molar-refractivity contribution in [3.8, 4) is 5.75 Å². The van der Waals surface area contributed by atoms with Crippen molar-refractivity contribution in [2.75, 3.05) is 0 Å². The smallest absolute Gasteiger partial charge is 0.337 e. The fraction of sp³-hybridized carbons (Fsp3) is 0.118. The number of carboxylic acids is 1. The molecule has 2 aromatic carbocycles. The monoisotopic (exact) mass is 315 g/mol. The van der Waals surface area contributed by atoms with Crippen LogP contribution >= 0.6 is 11.6 Å². The van der Waals surface area contributed by atoms with Gasteiger partial charge >= 0.3 is 5.97 Å². The first-order valence-corrected chi connectivity index (χ1v) is 7.13. The average Bonchev–Trinajstić information content (AvgIpc) is 2.83. The third-order valence-electron chi connectivity index (χ3n) is 3.59. The average molecular weight is 316 g/mol. The van der Waals surface area contributed by atoms with Crippen molar-refractivity contribution in [3.05, 3.63) is 64.8 Å². The summed E-state index contributed by atoms with van der Waals surface area (Å²) in [6.45, 7) is 0.353. The van der Waals surface area contributed by atoms with Gasteiger partial charge in [-0.05, 0) is 36.4 Å². The third-order valence-corrected chi connectivity index (χ3v) is 3.84. The molecule has 3 aromatic rings. The topological polar surface area (TPSA) is 51.5 Å². The molecular weight excluding hydrogens is 302 g/mol. The molecule has 0 fully saturated rings. The number of hydrogen-bond donors (Lipinski definition) is 1. The summed E-state index contributed by atoms with van der Waals surface area (Å²) < 4.78 is 7.59. The van der Waals surface area contributed by atoms with E-state index < -0.39 is 5.97 Å². The van der Waals surface area contributed by atoms with Crippen LogP contribution in [0.15, 0.2) is 48.5 Å². The normalized spacial score (nSPS) is 10.8. The Labute approximate surface area is 132 Å². The SMILES string of the molecule is Cn1c(COc2ccc(Cl)cc2)cc2cccc(C(=O)O)c21. The van der Waals surface area contributed by atoms with Crippen molar-refractivity contribution in [3.63, 3.8) is 0 Å². The molecule has 0 aliphatic rings. The third kappa shape index (κ3) is 2.65. The number of aromatic carboxylic acids is 1. The van der Waals surface area contributed by atoms with Gasteiger partial charge in [0, 0.05) is 17.5 Å². The molecule has 1 N–H and O–H groups in total. The lowest BCUT2D eigenvalue weighted by Crippen LogP contribution is -2.04. The lowest BCUT2D eigenvalue weighted by Gasteiger charge is -2.08. The molecular formula is C17H14ClNO3. The number of rotatable bonds is 4. The summed E-state index contributed by atoms with van der Waals surface area (Å²) in [6.07, 6.45) is 0. The van der Waals surface area contributed by atoms with E-state index in [0.717, 1.165) is 11.1 Å². The van der Waals surface area contributed by atoms with E-state index in [1.807, 2.05) is 23.7 Å². The van der Waals surface area contributed by atoms with Crippen molar-refractivity contribution in [2.45, 2.75) is 6.61 Å². The van der Waals surface area contributed by atoms with E-state index in [-0.39, 0.29) is 5.56 Å². The number of para-hydroxylation sites is 1. The molecule has 1 heterocycles. The van der Waals surface area contributed by atoms with Crippen molar-refractivity contribution < 1.29 is 14.6 Å². The van der Waals surface area contributed by atoms with Crippen molar-refractivity contribution in [1.29, 1.82) is 0 Å². The highest BCUT2D eigenvalue weighted by Crippen LogP contribution is 2.24. The molecule has 3 rings (SSSR count). The zero-order valence-electron chi connectivity index (χ0n) is 11.9. The van der Waals surface area contributed by atoms with Crippen LogP contribution in [-0.4, -0.2) is 15.6 Å². The number of ether oxygens (including phenoxy) is 1. The first-order chi connectivity index (χ1) is 10.6. The molecule has 22 heavy (non-hydrogen) atoms. The standard InChI is InChI=1S/C17H14ClNO3/c1-19-13(10-22-14-7-5-12(18)6-8-14)9-11-3-2-4-15(16(11)19)17(20)21/h2-9H,10H2,1H3,(H,20,21). The number of carboxylic acid groups (broad SMARTS) is 1. The summed E-state index contributed by atoms with van der Waals surface area (Å²) in [4.78, 5) is 11.3. The van der Waals surface area contributed by atoms with E-state index in [0.29, 0.717) is 22.9 Å². The van der Waals surface area contributed by atoms with Crippen LogP contribution in [-0.2, 0) is 13.7 Å². The fourth-order valence-electron chi connectivity index (χ4n) is 2.47. The van der Waals surface area contributed by atoms with Crippen LogP contribution in [0.4, 0.5) is 0 Å². The van der Waals surface area contributed by atoms with Crippen LogP contribution in [0.25, 0.3) is 10.9 Å². The largest absolute Gasteiger partial charge is 0.487 e. The molecule has 112 valence electrons. The van der Waals surface area contributed by atoms with Crippen LogP contribution in [0.3, 0.4) is 0 Å². The Kier molecular flexibility index (Phi) is 3.77. The van der Waals surface area contributed by atoms with Crippen LogP contribution < -0.4 is 4.74 Å². The highest BCUT2D eigenvalue weighted by atomic mass is 35.5. The summed E-state index contributed by atoms with van der Waals surface area (Å²) in [6, 6.07) is 14.3. The lowest BCUT2D eigenvalue weighted by molar-refractivity contribution is 0.0698. The zero-order chi connectivity index (χ0) is 15.7. The predicted octanol–water partition coefficient (Wildman–Crippen LogP) is 4.11. The maximum atomic E-state index is 11.3. The quantitative estimate of drug-likeness (QED) is 0.788. The van der Waals surface area contributed by atoms with E-state index >= 15 is 0 Å². The van der Waals surface area contributed by atoms with Gasteiger partial charge in [0.2, 0.25) is 0 Å². The molecule has 1 aromatic heterocycles. The molecule has 5 heteroatoms. The second-order valence-corrected chi connectivity index (χ2v) is 5.42. The van der Waals surface area contributed by atoms with E-state index in [9.17, 15) is 9.90 Å². The number of carbonyl (C=O) groups is 1. The number of hydrogen-bond acceptors (Lipinski definition) is 2. The summed E-state index contributed by atoms with van der Waals surface area (Å²) in [5, 5.41) is 10.8. The minimum absolute atomic E-state index is 0.290. The molecule has 0 aliphatic heterocycles. The Morgan fingerprint density at radius 2 is 1.95 bits per heavy atom. The van der Waals surface area contributed by atoms with Crippen LogP contribution in [0.1, 0.15) is 16.1 Å². The molecule has 0 spiro atoms. The van der Waals surface area contributed by atoms with E-state index in [4.69, 9.17) is 16.3 Å². The molecule has 0 saturated heterocycles. The molecule has 0 bridgehead atoms. The molecule has 0 atom stereocenters. The maximum absolute atomic E-state index is 11.3. The van der Waals surface area contributed by atoms with Crippen LogP contribution in [0, 0.1) is 0 Å². The Morgan fingerprint density at radius 3 is 2.64 bits per heavy atom. The number of nitrogens with zero attached hydrogens (tertiary/aromatic N) is 1. The van der Waals surface area contributed by atoms with Crippen molar-refractivity contribution >= 4 is 28.5 Å². The Morgan fingerprint density at radius 1 is 1.23 bits per heavy atom. The molecule has 4 nitrogen and oxygen atoms in total. The Bertz CT molecular complexity index is 837. The Balaban J connectivity index is 1.91. The fourth-order valence-corrected chi connectivity index (χ4v) is 2.60. The number of aryl methyl sites for hydroxylation is 1. The van der Waals surface area contributed by atoms with Crippen molar-refractivity contribution in [1.82, 2.24) is 4.57 Å². The summed E-state index contributed by atoms with van der Waals surface area (Å²) in [5.74, 6) is -0.218. The molecule has 0 aliphatic carbocycles. The van der Waals surface area contributed by atoms with E-state index in [2.05, 4.69) is 0 Å².